The van der Waals surface area contributed by atoms with E-state index in [9.17, 15) is 0 Å². The minimum Gasteiger partial charge on any atom is -0.398 e. The minimum absolute atomic E-state index is 0.970. The molecule has 0 unspecified atom stereocenters. The largest absolute Gasteiger partial charge is 0.398 e. The maximum atomic E-state index is 5.85. The number of hydrogen-bond donors (Lipinski definition) is 1. The lowest BCUT2D eigenvalue weighted by Crippen LogP contribution is -1.93. The van der Waals surface area contributed by atoms with Gasteiger partial charge in [0, 0.05) is 12.1 Å². The lowest BCUT2D eigenvalue weighted by atomic mass is 10.0. The van der Waals surface area contributed by atoms with Crippen molar-refractivity contribution in [1.82, 2.24) is 0 Å². The third-order valence-electron chi connectivity index (χ3n) is 2.63. The van der Waals surface area contributed by atoms with Crippen molar-refractivity contribution in [3.63, 3.8) is 0 Å². The predicted octanol–water partition coefficient (Wildman–Crippen LogP) is 2.60. The molecule has 0 bridgehead atoms. The van der Waals surface area contributed by atoms with E-state index < -0.39 is 0 Å². The van der Waals surface area contributed by atoms with E-state index in [2.05, 4.69) is 26.5 Å². The lowest BCUT2D eigenvalue weighted by Gasteiger charge is -2.05. The Kier molecular flexibility index (Phi) is 1.69. The van der Waals surface area contributed by atoms with Crippen molar-refractivity contribution in [1.29, 1.82) is 0 Å². The molecule has 0 atom stereocenters. The summed E-state index contributed by atoms with van der Waals surface area (Å²) in [7, 11) is 0. The van der Waals surface area contributed by atoms with Gasteiger partial charge in [-0.05, 0) is 48.6 Å². The van der Waals surface area contributed by atoms with Gasteiger partial charge in [0.1, 0.15) is 0 Å². The number of allylic oxidation sites excluding steroid dienone is 1. The zero-order valence-corrected chi connectivity index (χ0v) is 8.28. The van der Waals surface area contributed by atoms with E-state index >= 15 is 0 Å². The van der Waals surface area contributed by atoms with E-state index in [1.807, 2.05) is 0 Å². The Hall–Kier alpha value is -1.24. The molecule has 0 saturated carbocycles. The Morgan fingerprint density at radius 2 is 2.23 bits per heavy atom. The number of anilines is 1. The molecule has 0 aliphatic heterocycles. The Bertz CT molecular complexity index is 385. The van der Waals surface area contributed by atoms with Crippen molar-refractivity contribution in [2.24, 2.45) is 0 Å². The summed E-state index contributed by atoms with van der Waals surface area (Å²) < 4.78 is 0. The highest BCUT2D eigenvalue weighted by Crippen LogP contribution is 2.39. The molecule has 0 spiro atoms. The average molecular weight is 173 g/mol. The molecule has 0 radical (unpaired) electrons. The SMILES string of the molecule is C=C(C)Cc1c(C)cc(N)c2c1C2. The number of benzene rings is 1. The van der Waals surface area contributed by atoms with E-state index in [0.29, 0.717) is 0 Å². The van der Waals surface area contributed by atoms with Crippen LogP contribution in [0.15, 0.2) is 18.2 Å². The molecule has 1 aliphatic carbocycles. The van der Waals surface area contributed by atoms with Crippen LogP contribution in [0.4, 0.5) is 5.69 Å². The maximum absolute atomic E-state index is 5.85. The van der Waals surface area contributed by atoms with Gasteiger partial charge in [-0.2, -0.15) is 0 Å². The predicted molar refractivity (Wildman–Crippen MR) is 56.9 cm³/mol. The average Bonchev–Trinajstić information content (AvgIpc) is 2.76. The first-order valence-electron chi connectivity index (χ1n) is 4.63. The second kappa shape index (κ2) is 2.63. The van der Waals surface area contributed by atoms with E-state index in [4.69, 9.17) is 5.73 Å². The molecule has 0 aromatic heterocycles. The second-order valence-corrected chi connectivity index (χ2v) is 4.03. The van der Waals surface area contributed by atoms with Crippen molar-refractivity contribution in [2.45, 2.75) is 26.7 Å². The first-order chi connectivity index (χ1) is 6.09. The molecule has 1 aliphatic rings. The van der Waals surface area contributed by atoms with E-state index in [1.165, 1.54) is 27.8 Å². The summed E-state index contributed by atoms with van der Waals surface area (Å²) in [5, 5.41) is 0. The summed E-state index contributed by atoms with van der Waals surface area (Å²) >= 11 is 0. The number of hydrogen-bond acceptors (Lipinski definition) is 1. The van der Waals surface area contributed by atoms with Crippen LogP contribution in [-0.4, -0.2) is 0 Å². The van der Waals surface area contributed by atoms with E-state index in [-0.39, 0.29) is 0 Å². The fourth-order valence-electron chi connectivity index (χ4n) is 1.89. The molecule has 1 aromatic rings. The highest BCUT2D eigenvalue weighted by Gasteiger charge is 2.25. The molecule has 2 N–H and O–H groups in total. The molecule has 1 aromatic carbocycles. The van der Waals surface area contributed by atoms with Gasteiger partial charge in [0.2, 0.25) is 0 Å². The minimum atomic E-state index is 0.970. The highest BCUT2D eigenvalue weighted by molar-refractivity contribution is 5.67. The van der Waals surface area contributed by atoms with Gasteiger partial charge in [-0.1, -0.05) is 12.2 Å². The van der Waals surface area contributed by atoms with Crippen molar-refractivity contribution < 1.29 is 0 Å². The van der Waals surface area contributed by atoms with Gasteiger partial charge in [-0.25, -0.2) is 0 Å². The van der Waals surface area contributed by atoms with E-state index in [1.54, 1.807) is 0 Å². The Balaban J connectivity index is 2.43. The van der Waals surface area contributed by atoms with Crippen LogP contribution in [0, 0.1) is 6.92 Å². The summed E-state index contributed by atoms with van der Waals surface area (Å²) in [6.07, 6.45) is 2.11. The summed E-state index contributed by atoms with van der Waals surface area (Å²) in [6, 6.07) is 2.09. The molecular formula is C12H15N. The van der Waals surface area contributed by atoms with Crippen LogP contribution in [0.25, 0.3) is 0 Å². The van der Waals surface area contributed by atoms with Gasteiger partial charge < -0.3 is 5.73 Å². The molecule has 68 valence electrons. The number of rotatable bonds is 2. The van der Waals surface area contributed by atoms with Crippen molar-refractivity contribution >= 4 is 5.69 Å². The number of aryl methyl sites for hydroxylation is 1. The molecule has 0 heterocycles. The summed E-state index contributed by atoms with van der Waals surface area (Å²) in [5.74, 6) is 0. The third kappa shape index (κ3) is 1.35. The first kappa shape index (κ1) is 8.36. The molecule has 1 nitrogen and oxygen atoms in total. The highest BCUT2D eigenvalue weighted by atomic mass is 14.6. The van der Waals surface area contributed by atoms with Crippen LogP contribution < -0.4 is 5.73 Å². The van der Waals surface area contributed by atoms with Crippen LogP contribution in [0.3, 0.4) is 0 Å². The van der Waals surface area contributed by atoms with Crippen molar-refractivity contribution in [3.05, 3.63) is 40.5 Å². The van der Waals surface area contributed by atoms with Gasteiger partial charge in [0.15, 0.2) is 0 Å². The molecular weight excluding hydrogens is 158 g/mol. The monoisotopic (exact) mass is 173 g/mol. The number of fused-ring (bicyclic) bond motifs is 1. The van der Waals surface area contributed by atoms with E-state index in [0.717, 1.165) is 18.5 Å². The van der Waals surface area contributed by atoms with Crippen molar-refractivity contribution in [2.75, 3.05) is 5.73 Å². The molecule has 1 heteroatoms. The summed E-state index contributed by atoms with van der Waals surface area (Å²) in [4.78, 5) is 0. The van der Waals surface area contributed by atoms with Gasteiger partial charge in [0.25, 0.3) is 0 Å². The Labute approximate surface area is 79.3 Å². The van der Waals surface area contributed by atoms with Gasteiger partial charge in [-0.15, -0.1) is 0 Å². The first-order valence-corrected chi connectivity index (χ1v) is 4.63. The van der Waals surface area contributed by atoms with Crippen LogP contribution in [-0.2, 0) is 12.8 Å². The third-order valence-corrected chi connectivity index (χ3v) is 2.63. The standard InChI is InChI=1S/C12H15N/c1-7(2)4-9-8(3)5-12(13)11-6-10(9)11/h5H,1,4,6,13H2,2-3H3. The molecule has 0 amide bonds. The molecule has 2 rings (SSSR count). The normalized spacial score (nSPS) is 12.5. The fourth-order valence-corrected chi connectivity index (χ4v) is 1.89. The van der Waals surface area contributed by atoms with Crippen LogP contribution in [0.1, 0.15) is 29.2 Å². The molecule has 13 heavy (non-hydrogen) atoms. The zero-order chi connectivity index (χ0) is 9.59. The van der Waals surface area contributed by atoms with Crippen molar-refractivity contribution in [3.8, 4) is 0 Å². The topological polar surface area (TPSA) is 26.0 Å². The maximum Gasteiger partial charge on any atom is 0.0355 e. The zero-order valence-electron chi connectivity index (χ0n) is 8.28. The van der Waals surface area contributed by atoms with Gasteiger partial charge >= 0.3 is 0 Å². The lowest BCUT2D eigenvalue weighted by molar-refractivity contribution is 1.12. The van der Waals surface area contributed by atoms with Crippen LogP contribution >= 0.6 is 0 Å². The molecule has 0 fully saturated rings. The van der Waals surface area contributed by atoms with Gasteiger partial charge in [-0.3, -0.25) is 0 Å². The van der Waals surface area contributed by atoms with Crippen LogP contribution in [0.5, 0.6) is 0 Å². The summed E-state index contributed by atoms with van der Waals surface area (Å²) in [5.41, 5.74) is 13.7. The number of nitrogen functional groups attached to an aromatic ring is 1. The smallest absolute Gasteiger partial charge is 0.0355 e. The Morgan fingerprint density at radius 1 is 1.54 bits per heavy atom. The number of nitrogens with two attached hydrogens (primary N) is 1. The molecule has 0 saturated heterocycles. The van der Waals surface area contributed by atoms with Crippen LogP contribution in [0.2, 0.25) is 0 Å². The summed E-state index contributed by atoms with van der Waals surface area (Å²) in [6.45, 7) is 8.15. The van der Waals surface area contributed by atoms with Gasteiger partial charge in [0.05, 0.1) is 0 Å². The second-order valence-electron chi connectivity index (χ2n) is 4.03. The fraction of sp³-hybridized carbons (Fsp3) is 0.333. The quantitative estimate of drug-likeness (QED) is 0.548. The Morgan fingerprint density at radius 3 is 2.85 bits per heavy atom.